The van der Waals surface area contributed by atoms with Crippen LogP contribution in [0.4, 0.5) is 11.4 Å². The molecule has 172 valence electrons. The van der Waals surface area contributed by atoms with Gasteiger partial charge in [-0.2, -0.15) is 0 Å². The molecule has 5 aliphatic rings. The number of nitrogens with zero attached hydrogens (tertiary/aromatic N) is 2. The zero-order valence-electron chi connectivity index (χ0n) is 18.6. The van der Waals surface area contributed by atoms with Gasteiger partial charge in [0.2, 0.25) is 0 Å². The first kappa shape index (κ1) is 21.6. The maximum Gasteiger partial charge on any atom is 0.293 e. The summed E-state index contributed by atoms with van der Waals surface area (Å²) >= 11 is 5.47. The quantitative estimate of drug-likeness (QED) is 0.388. The van der Waals surface area contributed by atoms with Gasteiger partial charge in [-0.15, -0.1) is 0 Å². The van der Waals surface area contributed by atoms with E-state index in [1.807, 2.05) is 4.90 Å². The lowest BCUT2D eigenvalue weighted by Gasteiger charge is -2.59. The van der Waals surface area contributed by atoms with Crippen LogP contribution in [0, 0.1) is 33.3 Å². The number of carbonyl (C=O) groups is 1. The lowest BCUT2D eigenvalue weighted by atomic mass is 9.48. The van der Waals surface area contributed by atoms with E-state index in [4.69, 9.17) is 12.2 Å². The molecule has 1 unspecified atom stereocenters. The predicted molar refractivity (Wildman–Crippen MR) is 128 cm³/mol. The van der Waals surface area contributed by atoms with Gasteiger partial charge in [-0.25, -0.2) is 0 Å². The maximum absolute atomic E-state index is 12.8. The Morgan fingerprint density at radius 2 is 1.75 bits per heavy atom. The van der Waals surface area contributed by atoms with Crippen LogP contribution in [0.15, 0.2) is 18.2 Å². The number of thiocarbonyl (C=S) groups is 1. The minimum Gasteiger partial charge on any atom is -0.366 e. The molecular weight excluding hydrogens is 424 g/mol. The molecule has 1 aromatic carbocycles. The summed E-state index contributed by atoms with van der Waals surface area (Å²) in [5.41, 5.74) is 1.09. The predicted octanol–water partition coefficient (Wildman–Crippen LogP) is 4.40. The largest absolute Gasteiger partial charge is 0.366 e. The van der Waals surface area contributed by atoms with E-state index >= 15 is 0 Å². The Balaban J connectivity index is 1.24. The van der Waals surface area contributed by atoms with E-state index < -0.39 is 10.8 Å². The molecule has 1 atom stereocenters. The van der Waals surface area contributed by atoms with Crippen LogP contribution in [0.2, 0.25) is 0 Å². The Kier molecular flexibility index (Phi) is 5.60. The molecule has 32 heavy (non-hydrogen) atoms. The van der Waals surface area contributed by atoms with Gasteiger partial charge in [0.05, 0.1) is 4.92 Å². The van der Waals surface area contributed by atoms with Crippen LogP contribution < -0.4 is 15.5 Å². The molecule has 1 aromatic rings. The van der Waals surface area contributed by atoms with Crippen LogP contribution in [0.3, 0.4) is 0 Å². The summed E-state index contributed by atoms with van der Waals surface area (Å²) < 4.78 is 0. The van der Waals surface area contributed by atoms with Crippen molar-refractivity contribution in [1.82, 2.24) is 10.6 Å². The van der Waals surface area contributed by atoms with Gasteiger partial charge in [-0.1, -0.05) is 0 Å². The molecule has 0 spiro atoms. The van der Waals surface area contributed by atoms with Crippen molar-refractivity contribution in [2.45, 2.75) is 64.3 Å². The molecule has 5 fully saturated rings. The summed E-state index contributed by atoms with van der Waals surface area (Å²) in [6, 6.07) is 4.91. The third-order valence-electron chi connectivity index (χ3n) is 8.46. The number of benzene rings is 1. The summed E-state index contributed by atoms with van der Waals surface area (Å²) in [5, 5.41) is 18.1. The Hall–Kier alpha value is -2.22. The van der Waals surface area contributed by atoms with E-state index in [0.717, 1.165) is 43.7 Å². The molecule has 2 N–H and O–H groups in total. The van der Waals surface area contributed by atoms with Crippen LogP contribution in [0.1, 0.15) is 68.6 Å². The molecule has 4 saturated carbocycles. The van der Waals surface area contributed by atoms with Crippen molar-refractivity contribution < 1.29 is 9.72 Å². The number of nitrogens with one attached hydrogen (secondary N) is 2. The minimum atomic E-state index is -0.407. The van der Waals surface area contributed by atoms with Crippen LogP contribution in [0.5, 0.6) is 0 Å². The maximum atomic E-state index is 12.8. The van der Waals surface area contributed by atoms with Crippen molar-refractivity contribution in [3.05, 3.63) is 33.9 Å². The number of carbonyl (C=O) groups excluding carboxylic acids is 1. The lowest BCUT2D eigenvalue weighted by Crippen LogP contribution is -2.57. The number of hydrogen-bond acceptors (Lipinski definition) is 5. The van der Waals surface area contributed by atoms with E-state index in [-0.39, 0.29) is 22.7 Å². The van der Waals surface area contributed by atoms with Crippen molar-refractivity contribution >= 4 is 34.6 Å². The normalized spacial score (nSPS) is 31.4. The molecule has 1 aliphatic heterocycles. The third-order valence-corrected chi connectivity index (χ3v) is 8.68. The molecule has 1 saturated heterocycles. The lowest BCUT2D eigenvalue weighted by molar-refractivity contribution is -0.384. The van der Waals surface area contributed by atoms with E-state index in [2.05, 4.69) is 17.6 Å². The van der Waals surface area contributed by atoms with Gasteiger partial charge in [-0.3, -0.25) is 20.2 Å². The van der Waals surface area contributed by atoms with E-state index in [0.29, 0.717) is 10.8 Å². The zero-order valence-corrected chi connectivity index (χ0v) is 19.5. The third kappa shape index (κ3) is 3.98. The summed E-state index contributed by atoms with van der Waals surface area (Å²) in [6.45, 7) is 3.81. The van der Waals surface area contributed by atoms with Crippen molar-refractivity contribution in [3.8, 4) is 0 Å². The van der Waals surface area contributed by atoms with E-state index in [9.17, 15) is 14.9 Å². The topological polar surface area (TPSA) is 87.5 Å². The summed E-state index contributed by atoms with van der Waals surface area (Å²) in [4.78, 5) is 26.1. The molecule has 1 amide bonds. The first-order chi connectivity index (χ1) is 15.3. The second kappa shape index (κ2) is 8.28. The Morgan fingerprint density at radius 3 is 2.31 bits per heavy atom. The zero-order chi connectivity index (χ0) is 22.5. The molecule has 7 nitrogen and oxygen atoms in total. The minimum absolute atomic E-state index is 0.0274. The molecule has 4 bridgehead atoms. The highest BCUT2D eigenvalue weighted by Gasteiger charge is 2.53. The highest BCUT2D eigenvalue weighted by Crippen LogP contribution is 2.61. The Bertz CT molecular complexity index is 908. The smallest absolute Gasteiger partial charge is 0.293 e. The average Bonchev–Trinajstić information content (AvgIpc) is 3.27. The number of nitro benzene ring substituents is 1. The molecule has 0 aromatic heterocycles. The van der Waals surface area contributed by atoms with Crippen LogP contribution >= 0.6 is 12.2 Å². The number of nitro groups is 1. The Labute approximate surface area is 194 Å². The highest BCUT2D eigenvalue weighted by molar-refractivity contribution is 7.80. The van der Waals surface area contributed by atoms with Gasteiger partial charge in [0.1, 0.15) is 5.69 Å². The van der Waals surface area contributed by atoms with Gasteiger partial charge in [-0.05, 0) is 106 Å². The van der Waals surface area contributed by atoms with Crippen LogP contribution in [0.25, 0.3) is 0 Å². The van der Waals surface area contributed by atoms with Crippen molar-refractivity contribution in [3.63, 3.8) is 0 Å². The monoisotopic (exact) mass is 456 g/mol. The second-order valence-electron chi connectivity index (χ2n) is 10.6. The Morgan fingerprint density at radius 1 is 1.16 bits per heavy atom. The van der Waals surface area contributed by atoms with Gasteiger partial charge in [0.15, 0.2) is 5.11 Å². The summed E-state index contributed by atoms with van der Waals surface area (Å²) in [7, 11) is 0. The fraction of sp³-hybridized carbons (Fsp3) is 0.667. The van der Waals surface area contributed by atoms with E-state index in [1.54, 1.807) is 12.1 Å². The van der Waals surface area contributed by atoms with Gasteiger partial charge in [0.25, 0.3) is 11.6 Å². The van der Waals surface area contributed by atoms with Gasteiger partial charge in [0, 0.05) is 30.8 Å². The number of rotatable bonds is 5. The second-order valence-corrected chi connectivity index (χ2v) is 11.0. The molecule has 8 heteroatoms. The standard InChI is InChI=1S/C24H32N4O3S/c1-15(24-12-16-8-17(13-24)10-18(9-16)14-24)25-23(32)26-22(29)19-4-5-20(21(11-19)28(30)31)27-6-2-3-7-27/h4-5,11,15-18H,2-3,6-10,12-14H2,1H3,(H2,25,26,29,32). The fourth-order valence-corrected chi connectivity index (χ4v) is 7.57. The first-order valence-corrected chi connectivity index (χ1v) is 12.4. The fourth-order valence-electron chi connectivity index (χ4n) is 7.31. The molecule has 1 heterocycles. The summed E-state index contributed by atoms with van der Waals surface area (Å²) in [6.07, 6.45) is 10.00. The van der Waals surface area contributed by atoms with Crippen LogP contribution in [-0.2, 0) is 0 Å². The van der Waals surface area contributed by atoms with Gasteiger partial charge < -0.3 is 10.2 Å². The first-order valence-electron chi connectivity index (χ1n) is 12.0. The van der Waals surface area contributed by atoms with Crippen molar-refractivity contribution in [1.29, 1.82) is 0 Å². The SMILES string of the molecule is CC(NC(=S)NC(=O)c1ccc(N2CCCC2)c([N+](=O)[O-])c1)C12CC3CC(CC(C3)C1)C2. The van der Waals surface area contributed by atoms with Gasteiger partial charge >= 0.3 is 0 Å². The number of hydrogen-bond donors (Lipinski definition) is 2. The van der Waals surface area contributed by atoms with Crippen LogP contribution in [-0.4, -0.2) is 35.1 Å². The van der Waals surface area contributed by atoms with Crippen molar-refractivity contribution in [2.75, 3.05) is 18.0 Å². The van der Waals surface area contributed by atoms with E-state index in [1.165, 1.54) is 44.6 Å². The molecule has 4 aliphatic carbocycles. The highest BCUT2D eigenvalue weighted by atomic mass is 32.1. The summed E-state index contributed by atoms with van der Waals surface area (Å²) in [5.74, 6) is 2.14. The molecule has 6 rings (SSSR count). The average molecular weight is 457 g/mol. The molecule has 0 radical (unpaired) electrons. The molecular formula is C24H32N4O3S. The van der Waals surface area contributed by atoms with Crippen molar-refractivity contribution in [2.24, 2.45) is 23.2 Å². The number of amides is 1. The number of anilines is 1.